The molecule has 1 fully saturated rings. The molecular formula is C7H8F3NO3. The first kappa shape index (κ1) is 10.8. The minimum Gasteiger partial charge on any atom is -0.480 e. The topological polar surface area (TPSA) is 66.4 Å². The van der Waals surface area contributed by atoms with Crippen LogP contribution in [0.3, 0.4) is 0 Å². The molecule has 1 atom stereocenters. The first-order valence-electron chi connectivity index (χ1n) is 3.93. The monoisotopic (exact) mass is 211 g/mol. The highest BCUT2D eigenvalue weighted by Gasteiger charge is 2.44. The fraction of sp³-hybridized carbons (Fsp3) is 0.714. The van der Waals surface area contributed by atoms with Crippen LogP contribution in [0.15, 0.2) is 0 Å². The molecule has 1 aliphatic carbocycles. The van der Waals surface area contributed by atoms with E-state index in [1.54, 1.807) is 0 Å². The molecule has 0 radical (unpaired) electrons. The molecule has 0 aliphatic heterocycles. The number of carboxylic acid groups (broad SMARTS) is 1. The van der Waals surface area contributed by atoms with Gasteiger partial charge in [0.15, 0.2) is 0 Å². The zero-order valence-electron chi connectivity index (χ0n) is 6.97. The molecule has 14 heavy (non-hydrogen) atoms. The van der Waals surface area contributed by atoms with Crippen LogP contribution in [0.25, 0.3) is 0 Å². The normalized spacial score (nSPS) is 18.8. The standard InChI is InChI=1S/C7H8F3NO3/c8-7(9,10)6(14)11-4(5(12)13)3-1-2-3/h3-4H,1-2H2,(H,11,14)(H,12,13). The van der Waals surface area contributed by atoms with E-state index in [-0.39, 0.29) is 5.92 Å². The fourth-order valence-electron chi connectivity index (χ4n) is 1.03. The van der Waals surface area contributed by atoms with E-state index in [1.807, 2.05) is 0 Å². The Labute approximate surface area is 77.1 Å². The SMILES string of the molecule is O=C(O)C(NC(=O)C(F)(F)F)C1CC1. The second kappa shape index (κ2) is 3.47. The van der Waals surface area contributed by atoms with Crippen molar-refractivity contribution in [2.45, 2.75) is 25.1 Å². The molecular weight excluding hydrogens is 203 g/mol. The number of carbonyl (C=O) groups is 2. The van der Waals surface area contributed by atoms with Gasteiger partial charge in [-0.2, -0.15) is 13.2 Å². The van der Waals surface area contributed by atoms with Gasteiger partial charge in [0.05, 0.1) is 0 Å². The van der Waals surface area contributed by atoms with E-state index in [0.29, 0.717) is 12.8 Å². The maximum absolute atomic E-state index is 11.8. The smallest absolute Gasteiger partial charge is 0.471 e. The molecule has 1 rings (SSSR count). The van der Waals surface area contributed by atoms with Gasteiger partial charge in [0.1, 0.15) is 6.04 Å². The van der Waals surface area contributed by atoms with Gasteiger partial charge >= 0.3 is 18.1 Å². The summed E-state index contributed by atoms with van der Waals surface area (Å²) in [5.41, 5.74) is 0. The number of hydrogen-bond donors (Lipinski definition) is 2. The lowest BCUT2D eigenvalue weighted by Gasteiger charge is -2.14. The molecule has 0 heterocycles. The summed E-state index contributed by atoms with van der Waals surface area (Å²) in [4.78, 5) is 20.9. The highest BCUT2D eigenvalue weighted by Crippen LogP contribution is 2.33. The first-order valence-corrected chi connectivity index (χ1v) is 3.93. The summed E-state index contributed by atoms with van der Waals surface area (Å²) in [6.07, 6.45) is -3.95. The van der Waals surface area contributed by atoms with E-state index < -0.39 is 24.1 Å². The number of hydrogen-bond acceptors (Lipinski definition) is 2. The number of carboxylic acids is 1. The Hall–Kier alpha value is -1.27. The van der Waals surface area contributed by atoms with Gasteiger partial charge < -0.3 is 10.4 Å². The average Bonchev–Trinajstić information content (AvgIpc) is 2.79. The first-order chi connectivity index (χ1) is 6.32. The summed E-state index contributed by atoms with van der Waals surface area (Å²) in [6, 6.07) is -1.41. The minimum absolute atomic E-state index is 0.362. The van der Waals surface area contributed by atoms with Crippen molar-refractivity contribution in [2.75, 3.05) is 0 Å². The highest BCUT2D eigenvalue weighted by molar-refractivity contribution is 5.87. The molecule has 0 aromatic carbocycles. The molecule has 2 N–H and O–H groups in total. The zero-order chi connectivity index (χ0) is 10.9. The average molecular weight is 211 g/mol. The number of nitrogens with one attached hydrogen (secondary N) is 1. The molecule has 80 valence electrons. The van der Waals surface area contributed by atoms with Gasteiger partial charge in [-0.15, -0.1) is 0 Å². The van der Waals surface area contributed by atoms with Crippen LogP contribution < -0.4 is 5.32 Å². The third kappa shape index (κ3) is 2.61. The zero-order valence-corrected chi connectivity index (χ0v) is 6.97. The van der Waals surface area contributed by atoms with E-state index in [4.69, 9.17) is 5.11 Å². The van der Waals surface area contributed by atoms with Gasteiger partial charge in [-0.3, -0.25) is 4.79 Å². The van der Waals surface area contributed by atoms with Crippen molar-refractivity contribution in [1.82, 2.24) is 5.32 Å². The van der Waals surface area contributed by atoms with Crippen molar-refractivity contribution in [3.05, 3.63) is 0 Å². The Kier molecular flexibility index (Phi) is 2.68. The predicted molar refractivity (Wildman–Crippen MR) is 38.3 cm³/mol. The predicted octanol–water partition coefficient (Wildman–Crippen LogP) is 0.528. The van der Waals surface area contributed by atoms with Crippen molar-refractivity contribution in [1.29, 1.82) is 0 Å². The molecule has 0 aromatic rings. The number of amides is 1. The summed E-state index contributed by atoms with van der Waals surface area (Å²) in [5.74, 6) is -3.99. The van der Waals surface area contributed by atoms with Gasteiger partial charge in [0.25, 0.3) is 0 Å². The molecule has 1 aliphatic rings. The van der Waals surface area contributed by atoms with Gasteiger partial charge in [-0.05, 0) is 18.8 Å². The second-order valence-electron chi connectivity index (χ2n) is 3.12. The second-order valence-corrected chi connectivity index (χ2v) is 3.12. The van der Waals surface area contributed by atoms with Crippen LogP contribution >= 0.6 is 0 Å². The van der Waals surface area contributed by atoms with E-state index in [1.165, 1.54) is 5.32 Å². The Morgan fingerprint density at radius 1 is 1.36 bits per heavy atom. The van der Waals surface area contributed by atoms with Gasteiger partial charge in [-0.25, -0.2) is 4.79 Å². The lowest BCUT2D eigenvalue weighted by atomic mass is 10.2. The van der Waals surface area contributed by atoms with Gasteiger partial charge in [-0.1, -0.05) is 0 Å². The molecule has 0 aromatic heterocycles. The molecule has 1 unspecified atom stereocenters. The van der Waals surface area contributed by atoms with Crippen LogP contribution in [-0.2, 0) is 9.59 Å². The Bertz CT molecular complexity index is 259. The Morgan fingerprint density at radius 2 is 1.86 bits per heavy atom. The number of carbonyl (C=O) groups excluding carboxylic acids is 1. The molecule has 1 saturated carbocycles. The van der Waals surface area contributed by atoms with E-state index >= 15 is 0 Å². The van der Waals surface area contributed by atoms with E-state index in [0.717, 1.165) is 0 Å². The minimum atomic E-state index is -5.03. The summed E-state index contributed by atoms with van der Waals surface area (Å²) in [5, 5.41) is 9.97. The van der Waals surface area contributed by atoms with Gasteiger partial charge in [0, 0.05) is 0 Å². The summed E-state index contributed by atoms with van der Waals surface area (Å²) >= 11 is 0. The fourth-order valence-corrected chi connectivity index (χ4v) is 1.03. The van der Waals surface area contributed by atoms with Crippen LogP contribution in [-0.4, -0.2) is 29.2 Å². The third-order valence-electron chi connectivity index (χ3n) is 1.90. The number of aliphatic carboxylic acids is 1. The van der Waals surface area contributed by atoms with E-state index in [2.05, 4.69) is 0 Å². The maximum Gasteiger partial charge on any atom is 0.471 e. The Balaban J connectivity index is 2.56. The largest absolute Gasteiger partial charge is 0.480 e. The maximum atomic E-state index is 11.8. The number of alkyl halides is 3. The van der Waals surface area contributed by atoms with Crippen molar-refractivity contribution in [3.8, 4) is 0 Å². The van der Waals surface area contributed by atoms with Gasteiger partial charge in [0.2, 0.25) is 0 Å². The Morgan fingerprint density at radius 3 is 2.14 bits per heavy atom. The summed E-state index contributed by atoms with van der Waals surface area (Å²) < 4.78 is 35.3. The lowest BCUT2D eigenvalue weighted by Crippen LogP contribution is -2.47. The summed E-state index contributed by atoms with van der Waals surface area (Å²) in [6.45, 7) is 0. The number of halogens is 3. The lowest BCUT2D eigenvalue weighted by molar-refractivity contribution is -0.175. The third-order valence-corrected chi connectivity index (χ3v) is 1.90. The van der Waals surface area contributed by atoms with Crippen molar-refractivity contribution >= 4 is 11.9 Å². The van der Waals surface area contributed by atoms with E-state index in [9.17, 15) is 22.8 Å². The van der Waals surface area contributed by atoms with Crippen LogP contribution in [0.4, 0.5) is 13.2 Å². The van der Waals surface area contributed by atoms with Crippen LogP contribution in [0.2, 0.25) is 0 Å². The molecule has 7 heteroatoms. The van der Waals surface area contributed by atoms with Crippen LogP contribution in [0, 0.1) is 5.92 Å². The molecule has 0 spiro atoms. The van der Waals surface area contributed by atoms with Crippen molar-refractivity contribution in [2.24, 2.45) is 5.92 Å². The molecule has 1 amide bonds. The quantitative estimate of drug-likeness (QED) is 0.715. The summed E-state index contributed by atoms with van der Waals surface area (Å²) in [7, 11) is 0. The molecule has 0 saturated heterocycles. The van der Waals surface area contributed by atoms with Crippen LogP contribution in [0.1, 0.15) is 12.8 Å². The molecule has 4 nitrogen and oxygen atoms in total. The van der Waals surface area contributed by atoms with Crippen molar-refractivity contribution in [3.63, 3.8) is 0 Å². The highest BCUT2D eigenvalue weighted by atomic mass is 19.4. The molecule has 0 bridgehead atoms. The van der Waals surface area contributed by atoms with Crippen molar-refractivity contribution < 1.29 is 27.9 Å². The van der Waals surface area contributed by atoms with Crippen LogP contribution in [0.5, 0.6) is 0 Å². The number of rotatable bonds is 3.